The number of thioether (sulfide) groups is 1. The van der Waals surface area contributed by atoms with Crippen molar-refractivity contribution in [2.45, 2.75) is 13.8 Å². The van der Waals surface area contributed by atoms with Crippen LogP contribution < -0.4 is 10.1 Å². The van der Waals surface area contributed by atoms with E-state index in [4.69, 9.17) is 9.84 Å². The standard InChI is InChI=1S/C20H18N2O4S/c1-12-7-8-15(13(2)9-12)21-20-22-19(25)17(27-20)10-14-5-3-4-6-16(14)26-11-18(23)24/h3-10H,11H2,1-2H3,(H,23,24)(H,21,22,25)/b17-10+. The Morgan fingerprint density at radius 1 is 1.26 bits per heavy atom. The number of hydrogen-bond donors (Lipinski definition) is 2. The quantitative estimate of drug-likeness (QED) is 0.771. The van der Waals surface area contributed by atoms with Crippen molar-refractivity contribution in [3.05, 3.63) is 64.1 Å². The zero-order valence-electron chi connectivity index (χ0n) is 14.9. The second-order valence-electron chi connectivity index (χ2n) is 5.99. The molecular formula is C20H18N2O4S. The van der Waals surface area contributed by atoms with Gasteiger partial charge in [-0.25, -0.2) is 9.79 Å². The van der Waals surface area contributed by atoms with Crippen molar-refractivity contribution in [2.24, 2.45) is 4.99 Å². The number of amidine groups is 1. The highest BCUT2D eigenvalue weighted by Gasteiger charge is 2.24. The van der Waals surface area contributed by atoms with Gasteiger partial charge in [-0.2, -0.15) is 0 Å². The lowest BCUT2D eigenvalue weighted by atomic mass is 10.1. The number of para-hydroxylation sites is 1. The third kappa shape index (κ3) is 4.77. The molecule has 0 unspecified atom stereocenters. The summed E-state index contributed by atoms with van der Waals surface area (Å²) in [5, 5.41) is 12.0. The molecule has 1 aliphatic heterocycles. The number of amides is 1. The lowest BCUT2D eigenvalue weighted by Gasteiger charge is -2.06. The number of hydrogen-bond acceptors (Lipinski definition) is 5. The van der Waals surface area contributed by atoms with Gasteiger partial charge >= 0.3 is 5.97 Å². The minimum Gasteiger partial charge on any atom is -0.481 e. The van der Waals surface area contributed by atoms with E-state index in [1.165, 1.54) is 11.8 Å². The summed E-state index contributed by atoms with van der Waals surface area (Å²) in [5.41, 5.74) is 3.61. The van der Waals surface area contributed by atoms with Crippen molar-refractivity contribution < 1.29 is 19.4 Å². The molecule has 1 aliphatic rings. The predicted octanol–water partition coefficient (Wildman–Crippen LogP) is 3.66. The molecule has 2 N–H and O–H groups in total. The topological polar surface area (TPSA) is 88.0 Å². The van der Waals surface area contributed by atoms with Crippen LogP contribution in [0.3, 0.4) is 0 Å². The van der Waals surface area contributed by atoms with Gasteiger partial charge in [0.15, 0.2) is 11.8 Å². The average Bonchev–Trinajstić information content (AvgIpc) is 2.96. The Balaban J connectivity index is 1.84. The maximum atomic E-state index is 12.3. The number of benzene rings is 2. The Labute approximate surface area is 161 Å². The van der Waals surface area contributed by atoms with Gasteiger partial charge in [0.25, 0.3) is 5.91 Å². The van der Waals surface area contributed by atoms with Gasteiger partial charge < -0.3 is 15.2 Å². The number of aliphatic imine (C=N–C) groups is 1. The highest BCUT2D eigenvalue weighted by molar-refractivity contribution is 8.18. The Morgan fingerprint density at radius 2 is 2.04 bits per heavy atom. The number of carboxylic acids is 1. The third-order valence-electron chi connectivity index (χ3n) is 3.78. The molecule has 0 atom stereocenters. The van der Waals surface area contributed by atoms with Crippen molar-refractivity contribution in [1.82, 2.24) is 5.32 Å². The largest absolute Gasteiger partial charge is 0.481 e. The summed E-state index contributed by atoms with van der Waals surface area (Å²) in [5.74, 6) is -0.912. The smallest absolute Gasteiger partial charge is 0.341 e. The van der Waals surface area contributed by atoms with Gasteiger partial charge in [0.05, 0.1) is 10.6 Å². The number of aryl methyl sites for hydroxylation is 2. The van der Waals surface area contributed by atoms with Gasteiger partial charge in [-0.1, -0.05) is 35.9 Å². The van der Waals surface area contributed by atoms with Gasteiger partial charge in [0, 0.05) is 5.56 Å². The third-order valence-corrected chi connectivity index (χ3v) is 4.69. The second-order valence-corrected chi connectivity index (χ2v) is 7.02. The molecule has 1 fully saturated rings. The molecule has 0 saturated carbocycles. The Hall–Kier alpha value is -3.06. The fourth-order valence-electron chi connectivity index (χ4n) is 2.53. The minimum absolute atomic E-state index is 0.253. The van der Waals surface area contributed by atoms with Gasteiger partial charge in [-0.05, 0) is 49.4 Å². The van der Waals surface area contributed by atoms with Crippen molar-refractivity contribution in [3.63, 3.8) is 0 Å². The molecule has 2 aromatic rings. The van der Waals surface area contributed by atoms with Crippen LogP contribution in [0.2, 0.25) is 0 Å². The van der Waals surface area contributed by atoms with E-state index in [0.29, 0.717) is 21.4 Å². The summed E-state index contributed by atoms with van der Waals surface area (Å²) in [6.45, 7) is 3.54. The van der Waals surface area contributed by atoms with Crippen molar-refractivity contribution in [2.75, 3.05) is 6.61 Å². The van der Waals surface area contributed by atoms with Crippen LogP contribution in [0.5, 0.6) is 5.75 Å². The van der Waals surface area contributed by atoms with Gasteiger partial charge in [0.2, 0.25) is 0 Å². The van der Waals surface area contributed by atoms with Crippen LogP contribution in [0, 0.1) is 13.8 Å². The van der Waals surface area contributed by atoms with Crippen LogP contribution in [0.15, 0.2) is 52.4 Å². The summed E-state index contributed by atoms with van der Waals surface area (Å²) in [4.78, 5) is 28.0. The van der Waals surface area contributed by atoms with Gasteiger partial charge in [-0.3, -0.25) is 4.79 Å². The van der Waals surface area contributed by atoms with E-state index in [2.05, 4.69) is 10.3 Å². The van der Waals surface area contributed by atoms with Crippen LogP contribution in [0.1, 0.15) is 16.7 Å². The molecule has 1 saturated heterocycles. The highest BCUT2D eigenvalue weighted by atomic mass is 32.2. The normalized spacial score (nSPS) is 16.6. The second kappa shape index (κ2) is 8.09. The molecule has 0 spiro atoms. The monoisotopic (exact) mass is 382 g/mol. The van der Waals surface area contributed by atoms with Crippen LogP contribution in [-0.4, -0.2) is 28.8 Å². The zero-order chi connectivity index (χ0) is 19.4. The van der Waals surface area contributed by atoms with Crippen molar-refractivity contribution in [1.29, 1.82) is 0 Å². The minimum atomic E-state index is -1.06. The van der Waals surface area contributed by atoms with E-state index < -0.39 is 12.6 Å². The Kier molecular flexibility index (Phi) is 5.61. The number of carboxylic acid groups (broad SMARTS) is 1. The van der Waals surface area contributed by atoms with E-state index >= 15 is 0 Å². The van der Waals surface area contributed by atoms with Crippen LogP contribution >= 0.6 is 11.8 Å². The van der Waals surface area contributed by atoms with Crippen LogP contribution in [0.4, 0.5) is 5.69 Å². The number of nitrogens with zero attached hydrogens (tertiary/aromatic N) is 1. The van der Waals surface area contributed by atoms with E-state index in [0.717, 1.165) is 16.8 Å². The van der Waals surface area contributed by atoms with E-state index in [1.807, 2.05) is 32.0 Å². The fourth-order valence-corrected chi connectivity index (χ4v) is 3.36. The molecule has 138 valence electrons. The molecule has 0 radical (unpaired) electrons. The number of carbonyl (C=O) groups excluding carboxylic acids is 1. The zero-order valence-corrected chi connectivity index (χ0v) is 15.7. The molecule has 0 bridgehead atoms. The number of aliphatic carboxylic acids is 1. The Bertz CT molecular complexity index is 966. The molecule has 0 aliphatic carbocycles. The first-order valence-corrected chi connectivity index (χ1v) is 9.04. The summed E-state index contributed by atoms with van der Waals surface area (Å²) < 4.78 is 5.28. The number of nitrogens with one attached hydrogen (secondary N) is 1. The molecule has 0 aromatic heterocycles. The predicted molar refractivity (Wildman–Crippen MR) is 106 cm³/mol. The molecule has 3 rings (SSSR count). The van der Waals surface area contributed by atoms with Crippen LogP contribution in [-0.2, 0) is 9.59 Å². The molecule has 1 amide bonds. The first-order chi connectivity index (χ1) is 12.9. The van der Waals surface area contributed by atoms with Gasteiger partial charge in [0.1, 0.15) is 5.75 Å². The molecular weight excluding hydrogens is 364 g/mol. The molecule has 2 aromatic carbocycles. The maximum Gasteiger partial charge on any atom is 0.341 e. The van der Waals surface area contributed by atoms with E-state index in [9.17, 15) is 9.59 Å². The van der Waals surface area contributed by atoms with Crippen LogP contribution in [0.25, 0.3) is 6.08 Å². The van der Waals surface area contributed by atoms with Crippen molar-refractivity contribution >= 4 is 40.6 Å². The number of rotatable bonds is 5. The van der Waals surface area contributed by atoms with E-state index in [-0.39, 0.29) is 5.91 Å². The Morgan fingerprint density at radius 3 is 2.78 bits per heavy atom. The molecule has 27 heavy (non-hydrogen) atoms. The summed E-state index contributed by atoms with van der Waals surface area (Å²) in [7, 11) is 0. The van der Waals surface area contributed by atoms with Crippen molar-refractivity contribution in [3.8, 4) is 5.75 Å². The summed E-state index contributed by atoms with van der Waals surface area (Å²) in [6, 6.07) is 12.9. The summed E-state index contributed by atoms with van der Waals surface area (Å²) in [6.07, 6.45) is 1.67. The fraction of sp³-hybridized carbons (Fsp3) is 0.150. The van der Waals surface area contributed by atoms with Gasteiger partial charge in [-0.15, -0.1) is 0 Å². The van der Waals surface area contributed by atoms with E-state index in [1.54, 1.807) is 30.3 Å². The average molecular weight is 382 g/mol. The SMILES string of the molecule is Cc1ccc(N=C2NC(=O)/C(=C\c3ccccc3OCC(=O)O)S2)c(C)c1. The maximum absolute atomic E-state index is 12.3. The first-order valence-electron chi connectivity index (χ1n) is 8.23. The number of ether oxygens (including phenoxy) is 1. The highest BCUT2D eigenvalue weighted by Crippen LogP contribution is 2.31. The molecule has 6 nitrogen and oxygen atoms in total. The lowest BCUT2D eigenvalue weighted by Crippen LogP contribution is -2.19. The lowest BCUT2D eigenvalue weighted by molar-refractivity contribution is -0.139. The molecule has 1 heterocycles. The number of carbonyl (C=O) groups is 2. The summed E-state index contributed by atoms with van der Waals surface area (Å²) >= 11 is 1.23. The first kappa shape index (κ1) is 18.7. The molecule has 7 heteroatoms.